The van der Waals surface area contributed by atoms with Gasteiger partial charge in [0.1, 0.15) is 12.2 Å². The van der Waals surface area contributed by atoms with Gasteiger partial charge in [-0.05, 0) is 36.4 Å². The second-order valence-corrected chi connectivity index (χ2v) is 5.99. The quantitative estimate of drug-likeness (QED) is 0.670. The molecule has 9 heteroatoms. The van der Waals surface area contributed by atoms with Gasteiger partial charge in [0.15, 0.2) is 11.5 Å². The number of aromatic nitrogens is 2. The van der Waals surface area contributed by atoms with Crippen LogP contribution in [0.15, 0.2) is 53.1 Å². The molecule has 3 aromatic rings. The van der Waals surface area contributed by atoms with Crippen LogP contribution in [0.5, 0.6) is 0 Å². The molecule has 0 radical (unpaired) electrons. The Bertz CT molecular complexity index is 902. The minimum atomic E-state index is -4.49. The predicted molar refractivity (Wildman–Crippen MR) is 89.3 cm³/mol. The van der Waals surface area contributed by atoms with Gasteiger partial charge in [-0.3, -0.25) is 4.79 Å². The zero-order chi connectivity index (χ0) is 18.9. The molecule has 3 rings (SSSR count). The van der Waals surface area contributed by atoms with Gasteiger partial charge in [-0.1, -0.05) is 11.6 Å². The van der Waals surface area contributed by atoms with E-state index in [4.69, 9.17) is 16.0 Å². The zero-order valence-corrected chi connectivity index (χ0v) is 14.3. The van der Waals surface area contributed by atoms with E-state index < -0.39 is 18.6 Å². The van der Waals surface area contributed by atoms with E-state index in [1.165, 1.54) is 17.0 Å². The Morgan fingerprint density at radius 2 is 1.96 bits per heavy atom. The molecular formula is C17H13ClF3N3O2. The smallest absolute Gasteiger partial charge is 0.406 e. The normalized spacial score (nSPS) is 11.6. The molecule has 0 bridgehead atoms. The molecule has 0 saturated carbocycles. The van der Waals surface area contributed by atoms with E-state index in [1.807, 2.05) is 0 Å². The molecule has 0 aliphatic rings. The third kappa shape index (κ3) is 3.91. The average Bonchev–Trinajstić information content (AvgIpc) is 3.22. The molecule has 0 saturated heterocycles. The summed E-state index contributed by atoms with van der Waals surface area (Å²) in [5.41, 5.74) is 0.887. The van der Waals surface area contributed by atoms with Crippen LogP contribution in [0.25, 0.3) is 17.1 Å². The van der Waals surface area contributed by atoms with E-state index in [0.29, 0.717) is 27.1 Å². The summed E-state index contributed by atoms with van der Waals surface area (Å²) in [6.45, 7) is -1.37. The van der Waals surface area contributed by atoms with Crippen LogP contribution in [0.1, 0.15) is 10.5 Å². The molecule has 0 unspecified atom stereocenters. The maximum absolute atomic E-state index is 12.5. The third-order valence-electron chi connectivity index (χ3n) is 3.54. The number of hydrogen-bond acceptors (Lipinski definition) is 3. The van der Waals surface area contributed by atoms with E-state index in [2.05, 4.69) is 5.10 Å². The first-order valence-corrected chi connectivity index (χ1v) is 7.84. The highest BCUT2D eigenvalue weighted by Crippen LogP contribution is 2.26. The van der Waals surface area contributed by atoms with E-state index in [1.54, 1.807) is 36.4 Å². The number of halogens is 4. The fourth-order valence-electron chi connectivity index (χ4n) is 2.40. The number of furan rings is 1. The number of alkyl halides is 3. The van der Waals surface area contributed by atoms with Crippen LogP contribution in [-0.4, -0.2) is 40.4 Å². The summed E-state index contributed by atoms with van der Waals surface area (Å²) in [4.78, 5) is 12.9. The summed E-state index contributed by atoms with van der Waals surface area (Å²) in [6.07, 6.45) is -3.04. The highest BCUT2D eigenvalue weighted by Gasteiger charge is 2.32. The Hall–Kier alpha value is -2.74. The summed E-state index contributed by atoms with van der Waals surface area (Å²) < 4.78 is 44.4. The number of hydrogen-bond donors (Lipinski definition) is 0. The van der Waals surface area contributed by atoms with E-state index in [9.17, 15) is 18.0 Å². The topological polar surface area (TPSA) is 51.3 Å². The summed E-state index contributed by atoms with van der Waals surface area (Å²) in [6, 6.07) is 11.3. The van der Waals surface area contributed by atoms with E-state index in [-0.39, 0.29) is 5.69 Å². The Balaban J connectivity index is 2.02. The van der Waals surface area contributed by atoms with Crippen molar-refractivity contribution in [1.29, 1.82) is 0 Å². The molecular weight excluding hydrogens is 371 g/mol. The van der Waals surface area contributed by atoms with Gasteiger partial charge in [-0.25, -0.2) is 4.68 Å². The summed E-state index contributed by atoms with van der Waals surface area (Å²) in [7, 11) is 1.07. The van der Waals surface area contributed by atoms with Crippen LogP contribution in [-0.2, 0) is 0 Å². The predicted octanol–water partition coefficient (Wildman–Crippen LogP) is 4.42. The first-order chi connectivity index (χ1) is 12.2. The van der Waals surface area contributed by atoms with Gasteiger partial charge in [0.25, 0.3) is 5.91 Å². The van der Waals surface area contributed by atoms with Crippen LogP contribution < -0.4 is 0 Å². The first kappa shape index (κ1) is 18.1. The monoisotopic (exact) mass is 383 g/mol. The lowest BCUT2D eigenvalue weighted by atomic mass is 10.2. The van der Waals surface area contributed by atoms with Crippen molar-refractivity contribution in [2.75, 3.05) is 13.6 Å². The van der Waals surface area contributed by atoms with Gasteiger partial charge in [0.05, 0.1) is 12.0 Å². The molecule has 0 aliphatic heterocycles. The van der Waals surface area contributed by atoms with Gasteiger partial charge in [0, 0.05) is 18.1 Å². The molecule has 0 N–H and O–H groups in total. The lowest BCUT2D eigenvalue weighted by Gasteiger charge is -2.17. The van der Waals surface area contributed by atoms with Crippen molar-refractivity contribution in [3.05, 3.63) is 59.4 Å². The fourth-order valence-corrected chi connectivity index (χ4v) is 2.53. The molecule has 1 amide bonds. The number of amides is 1. The molecule has 136 valence electrons. The van der Waals surface area contributed by atoms with Crippen LogP contribution in [0.4, 0.5) is 13.2 Å². The molecule has 0 fully saturated rings. The fraction of sp³-hybridized carbons (Fsp3) is 0.176. The van der Waals surface area contributed by atoms with Crippen LogP contribution in [0, 0.1) is 0 Å². The second kappa shape index (κ2) is 6.87. The van der Waals surface area contributed by atoms with Crippen LogP contribution in [0.2, 0.25) is 5.02 Å². The minimum absolute atomic E-state index is 0.127. The lowest BCUT2D eigenvalue weighted by Crippen LogP contribution is -2.36. The summed E-state index contributed by atoms with van der Waals surface area (Å²) in [5.74, 6) is -0.423. The number of nitrogens with zero attached hydrogens (tertiary/aromatic N) is 3. The molecule has 2 aromatic heterocycles. The maximum Gasteiger partial charge on any atom is 0.406 e. The standard InChI is InChI=1S/C17H13ClF3N3O2/c1-23(10-17(19,20)21)16(25)13-9-14(15-3-2-8-26-15)24(22-13)12-6-4-11(18)5-7-12/h2-9H,10H2,1H3. The van der Waals surface area contributed by atoms with Gasteiger partial charge in [-0.15, -0.1) is 0 Å². The first-order valence-electron chi connectivity index (χ1n) is 7.47. The largest absolute Gasteiger partial charge is 0.463 e. The maximum atomic E-state index is 12.5. The van der Waals surface area contributed by atoms with Gasteiger partial charge in [-0.2, -0.15) is 18.3 Å². The highest BCUT2D eigenvalue weighted by molar-refractivity contribution is 6.30. The minimum Gasteiger partial charge on any atom is -0.463 e. The molecule has 26 heavy (non-hydrogen) atoms. The van der Waals surface area contributed by atoms with Crippen molar-refractivity contribution in [1.82, 2.24) is 14.7 Å². The van der Waals surface area contributed by atoms with E-state index >= 15 is 0 Å². The van der Waals surface area contributed by atoms with Gasteiger partial charge < -0.3 is 9.32 Å². The summed E-state index contributed by atoms with van der Waals surface area (Å²) in [5, 5.41) is 4.69. The van der Waals surface area contributed by atoms with Crippen molar-refractivity contribution in [3.8, 4) is 17.1 Å². The molecule has 1 aromatic carbocycles. The average molecular weight is 384 g/mol. The number of rotatable bonds is 4. The van der Waals surface area contributed by atoms with Crippen molar-refractivity contribution in [2.45, 2.75) is 6.18 Å². The van der Waals surface area contributed by atoms with Gasteiger partial charge in [0.2, 0.25) is 0 Å². The number of carbonyl (C=O) groups is 1. The Morgan fingerprint density at radius 3 is 2.54 bits per heavy atom. The molecule has 0 aliphatic carbocycles. The van der Waals surface area contributed by atoms with Crippen LogP contribution >= 0.6 is 11.6 Å². The SMILES string of the molecule is CN(CC(F)(F)F)C(=O)c1cc(-c2ccco2)n(-c2ccc(Cl)cc2)n1. The number of carbonyl (C=O) groups excluding carboxylic acids is 1. The second-order valence-electron chi connectivity index (χ2n) is 5.56. The third-order valence-corrected chi connectivity index (χ3v) is 3.79. The Kier molecular flexibility index (Phi) is 4.78. The highest BCUT2D eigenvalue weighted by atomic mass is 35.5. The molecule has 2 heterocycles. The van der Waals surface area contributed by atoms with Crippen molar-refractivity contribution < 1.29 is 22.4 Å². The Morgan fingerprint density at radius 1 is 1.27 bits per heavy atom. The number of benzene rings is 1. The Labute approximate surface area is 151 Å². The van der Waals surface area contributed by atoms with Gasteiger partial charge >= 0.3 is 6.18 Å². The molecule has 5 nitrogen and oxygen atoms in total. The zero-order valence-electron chi connectivity index (χ0n) is 13.5. The van der Waals surface area contributed by atoms with Crippen LogP contribution in [0.3, 0.4) is 0 Å². The summed E-state index contributed by atoms with van der Waals surface area (Å²) >= 11 is 5.88. The van der Waals surface area contributed by atoms with Crippen molar-refractivity contribution >= 4 is 17.5 Å². The molecule has 0 spiro atoms. The van der Waals surface area contributed by atoms with Crippen molar-refractivity contribution in [3.63, 3.8) is 0 Å². The molecule has 0 atom stereocenters. The van der Waals surface area contributed by atoms with Crippen molar-refractivity contribution in [2.24, 2.45) is 0 Å². The van der Waals surface area contributed by atoms with E-state index in [0.717, 1.165) is 7.05 Å². The lowest BCUT2D eigenvalue weighted by molar-refractivity contribution is -0.138.